The summed E-state index contributed by atoms with van der Waals surface area (Å²) in [5, 5.41) is 7.19. The summed E-state index contributed by atoms with van der Waals surface area (Å²) in [6.07, 6.45) is 4.25. The van der Waals surface area contributed by atoms with Gasteiger partial charge in [-0.2, -0.15) is 11.8 Å². The molecule has 1 saturated heterocycles. The molecule has 1 aliphatic carbocycles. The summed E-state index contributed by atoms with van der Waals surface area (Å²) in [5.41, 5.74) is 0. The van der Waals surface area contributed by atoms with Crippen LogP contribution in [0, 0.1) is 11.8 Å². The molecule has 2 rings (SSSR count). The molecule has 2 N–H and O–H groups in total. The Labute approximate surface area is 98.0 Å². The highest BCUT2D eigenvalue weighted by Crippen LogP contribution is 2.35. The van der Waals surface area contributed by atoms with Gasteiger partial charge in [-0.25, -0.2) is 0 Å². The summed E-state index contributed by atoms with van der Waals surface area (Å²) in [7, 11) is 0. The zero-order chi connectivity index (χ0) is 10.5. The molecule has 0 radical (unpaired) electrons. The van der Waals surface area contributed by atoms with E-state index in [1.165, 1.54) is 50.4 Å². The van der Waals surface area contributed by atoms with Crippen molar-refractivity contribution >= 4 is 11.8 Å². The summed E-state index contributed by atoms with van der Waals surface area (Å²) in [5.74, 6) is 4.54. The summed E-state index contributed by atoms with van der Waals surface area (Å²) < 4.78 is 0. The molecule has 2 unspecified atom stereocenters. The molecule has 1 saturated carbocycles. The van der Waals surface area contributed by atoms with E-state index in [2.05, 4.69) is 29.3 Å². The first-order valence-electron chi connectivity index (χ1n) is 6.38. The molecule has 0 amide bonds. The number of hydrogen-bond acceptors (Lipinski definition) is 3. The van der Waals surface area contributed by atoms with E-state index in [0.717, 1.165) is 17.9 Å². The standard InChI is InChI=1S/C12H24N2S/c1-10(11-2-3-11)8-13-5-4-12-9-15-7-6-14-12/h10-14H,2-9H2,1H3. The Balaban J connectivity index is 1.46. The molecule has 1 heterocycles. The van der Waals surface area contributed by atoms with Crippen LogP contribution in [0.3, 0.4) is 0 Å². The maximum atomic E-state index is 3.60. The monoisotopic (exact) mass is 228 g/mol. The van der Waals surface area contributed by atoms with Gasteiger partial charge in [0.05, 0.1) is 0 Å². The van der Waals surface area contributed by atoms with E-state index in [0.29, 0.717) is 0 Å². The van der Waals surface area contributed by atoms with E-state index >= 15 is 0 Å². The first kappa shape index (κ1) is 11.7. The first-order valence-corrected chi connectivity index (χ1v) is 7.53. The Bertz CT molecular complexity index is 176. The molecule has 3 heteroatoms. The lowest BCUT2D eigenvalue weighted by Gasteiger charge is -2.23. The van der Waals surface area contributed by atoms with Crippen LogP contribution in [0.1, 0.15) is 26.2 Å². The van der Waals surface area contributed by atoms with Gasteiger partial charge in [0.1, 0.15) is 0 Å². The number of hydrogen-bond donors (Lipinski definition) is 2. The summed E-state index contributed by atoms with van der Waals surface area (Å²) in [6.45, 7) is 6.01. The van der Waals surface area contributed by atoms with Crippen LogP contribution in [-0.4, -0.2) is 37.2 Å². The zero-order valence-corrected chi connectivity index (χ0v) is 10.6. The van der Waals surface area contributed by atoms with E-state index in [-0.39, 0.29) is 0 Å². The van der Waals surface area contributed by atoms with Crippen LogP contribution in [0.5, 0.6) is 0 Å². The van der Waals surface area contributed by atoms with E-state index in [1.807, 2.05) is 0 Å². The van der Waals surface area contributed by atoms with Crippen molar-refractivity contribution in [2.45, 2.75) is 32.2 Å². The molecule has 0 aromatic rings. The van der Waals surface area contributed by atoms with E-state index in [9.17, 15) is 0 Å². The molecule has 0 aromatic carbocycles. The second kappa shape index (κ2) is 6.12. The largest absolute Gasteiger partial charge is 0.316 e. The second-order valence-electron chi connectivity index (χ2n) is 5.03. The second-order valence-corrected chi connectivity index (χ2v) is 6.18. The highest BCUT2D eigenvalue weighted by Gasteiger charge is 2.27. The van der Waals surface area contributed by atoms with Gasteiger partial charge < -0.3 is 10.6 Å². The van der Waals surface area contributed by atoms with Gasteiger partial charge in [0, 0.05) is 24.1 Å². The Morgan fingerprint density at radius 2 is 2.33 bits per heavy atom. The Hall–Kier alpha value is 0.270. The van der Waals surface area contributed by atoms with Gasteiger partial charge in [0.25, 0.3) is 0 Å². The summed E-state index contributed by atoms with van der Waals surface area (Å²) in [6, 6.07) is 0.757. The molecular weight excluding hydrogens is 204 g/mol. The van der Waals surface area contributed by atoms with E-state index < -0.39 is 0 Å². The van der Waals surface area contributed by atoms with Crippen molar-refractivity contribution in [3.63, 3.8) is 0 Å². The van der Waals surface area contributed by atoms with Crippen LogP contribution in [-0.2, 0) is 0 Å². The molecule has 15 heavy (non-hydrogen) atoms. The molecule has 0 aromatic heterocycles. The molecule has 88 valence electrons. The molecule has 1 aliphatic heterocycles. The van der Waals surface area contributed by atoms with Crippen molar-refractivity contribution in [2.24, 2.45) is 11.8 Å². The molecular formula is C12H24N2S. The lowest BCUT2D eigenvalue weighted by molar-refractivity contribution is 0.439. The third kappa shape index (κ3) is 4.33. The third-order valence-electron chi connectivity index (χ3n) is 3.56. The predicted octanol–water partition coefficient (Wildman–Crippen LogP) is 1.72. The van der Waals surface area contributed by atoms with Crippen LogP contribution < -0.4 is 10.6 Å². The fourth-order valence-electron chi connectivity index (χ4n) is 2.24. The maximum absolute atomic E-state index is 3.60. The molecule has 0 bridgehead atoms. The number of nitrogens with one attached hydrogen (secondary N) is 2. The van der Waals surface area contributed by atoms with Gasteiger partial charge in [-0.15, -0.1) is 0 Å². The Kier molecular flexibility index (Phi) is 4.79. The van der Waals surface area contributed by atoms with Crippen molar-refractivity contribution in [2.75, 3.05) is 31.1 Å². The van der Waals surface area contributed by atoms with E-state index in [4.69, 9.17) is 0 Å². The van der Waals surface area contributed by atoms with Crippen LogP contribution >= 0.6 is 11.8 Å². The van der Waals surface area contributed by atoms with Gasteiger partial charge in [0.2, 0.25) is 0 Å². The Morgan fingerprint density at radius 3 is 3.00 bits per heavy atom. The van der Waals surface area contributed by atoms with Crippen molar-refractivity contribution in [3.8, 4) is 0 Å². The minimum atomic E-state index is 0.757. The predicted molar refractivity (Wildman–Crippen MR) is 68.5 cm³/mol. The zero-order valence-electron chi connectivity index (χ0n) is 9.80. The first-order chi connectivity index (χ1) is 7.36. The van der Waals surface area contributed by atoms with Crippen LogP contribution in [0.2, 0.25) is 0 Å². The fraction of sp³-hybridized carbons (Fsp3) is 1.00. The van der Waals surface area contributed by atoms with Gasteiger partial charge >= 0.3 is 0 Å². The van der Waals surface area contributed by atoms with Crippen molar-refractivity contribution in [1.82, 2.24) is 10.6 Å². The van der Waals surface area contributed by atoms with Gasteiger partial charge in [0.15, 0.2) is 0 Å². The quantitative estimate of drug-likeness (QED) is 0.677. The summed E-state index contributed by atoms with van der Waals surface area (Å²) in [4.78, 5) is 0. The maximum Gasteiger partial charge on any atom is 0.0170 e. The highest BCUT2D eigenvalue weighted by atomic mass is 32.2. The lowest BCUT2D eigenvalue weighted by atomic mass is 10.1. The molecule has 2 atom stereocenters. The number of thioether (sulfide) groups is 1. The average Bonchev–Trinajstić information content (AvgIpc) is 3.09. The van der Waals surface area contributed by atoms with E-state index in [1.54, 1.807) is 0 Å². The minimum Gasteiger partial charge on any atom is -0.316 e. The smallest absolute Gasteiger partial charge is 0.0170 e. The normalized spacial score (nSPS) is 29.0. The van der Waals surface area contributed by atoms with Crippen LogP contribution in [0.25, 0.3) is 0 Å². The Morgan fingerprint density at radius 1 is 1.47 bits per heavy atom. The van der Waals surface area contributed by atoms with Crippen molar-refractivity contribution < 1.29 is 0 Å². The SMILES string of the molecule is CC(CNCCC1CSCCN1)C1CC1. The molecule has 2 fully saturated rings. The van der Waals surface area contributed by atoms with Crippen LogP contribution in [0.15, 0.2) is 0 Å². The van der Waals surface area contributed by atoms with Gasteiger partial charge in [-0.1, -0.05) is 6.92 Å². The number of rotatable bonds is 6. The molecule has 2 aliphatic rings. The average molecular weight is 228 g/mol. The molecule has 0 spiro atoms. The minimum absolute atomic E-state index is 0.757. The third-order valence-corrected chi connectivity index (χ3v) is 4.69. The topological polar surface area (TPSA) is 24.1 Å². The molecule has 2 nitrogen and oxygen atoms in total. The fourth-order valence-corrected chi connectivity index (χ4v) is 3.24. The van der Waals surface area contributed by atoms with Gasteiger partial charge in [-0.3, -0.25) is 0 Å². The van der Waals surface area contributed by atoms with Crippen molar-refractivity contribution in [3.05, 3.63) is 0 Å². The lowest BCUT2D eigenvalue weighted by Crippen LogP contribution is -2.39. The van der Waals surface area contributed by atoms with Crippen molar-refractivity contribution in [1.29, 1.82) is 0 Å². The summed E-state index contributed by atoms with van der Waals surface area (Å²) >= 11 is 2.09. The van der Waals surface area contributed by atoms with Gasteiger partial charge in [-0.05, 0) is 44.2 Å². The van der Waals surface area contributed by atoms with Crippen LogP contribution in [0.4, 0.5) is 0 Å². The highest BCUT2D eigenvalue weighted by molar-refractivity contribution is 7.99.